The number of hydrogen-bond donors (Lipinski definition) is 2. The molecule has 1 aliphatic rings. The van der Waals surface area contributed by atoms with Crippen molar-refractivity contribution in [2.45, 2.75) is 24.9 Å². The lowest BCUT2D eigenvalue weighted by Gasteiger charge is -2.23. The van der Waals surface area contributed by atoms with Gasteiger partial charge in [-0.15, -0.1) is 0 Å². The van der Waals surface area contributed by atoms with Crippen LogP contribution in [0.3, 0.4) is 0 Å². The van der Waals surface area contributed by atoms with E-state index in [1.165, 1.54) is 0 Å². The Morgan fingerprint density at radius 2 is 1.89 bits per heavy atom. The van der Waals surface area contributed by atoms with Gasteiger partial charge in [0.25, 0.3) is 0 Å². The number of phenols is 1. The quantitative estimate of drug-likeness (QED) is 0.848. The van der Waals surface area contributed by atoms with Gasteiger partial charge in [-0.25, -0.2) is 9.18 Å². The zero-order valence-corrected chi connectivity index (χ0v) is 9.97. The summed E-state index contributed by atoms with van der Waals surface area (Å²) in [4.78, 5) is 12.8. The number of phenolic OH excluding ortho intramolecular Hbond substituents is 1. The van der Waals surface area contributed by atoms with Crippen LogP contribution in [0.2, 0.25) is 0 Å². The third-order valence-electron chi connectivity index (χ3n) is 3.38. The number of hydrogen-bond acceptors (Lipinski definition) is 3. The van der Waals surface area contributed by atoms with Gasteiger partial charge in [-0.05, 0) is 37.1 Å². The molecule has 5 heteroatoms. The minimum atomic E-state index is -2.11. The fourth-order valence-electron chi connectivity index (χ4n) is 2.23. The number of carboxylic acid groups (broad SMARTS) is 1. The highest BCUT2D eigenvalue weighted by molar-refractivity contribution is 5.77. The van der Waals surface area contributed by atoms with Crippen LogP contribution < -0.4 is 4.90 Å². The molecule has 1 aliphatic heterocycles. The van der Waals surface area contributed by atoms with Gasteiger partial charge in [0.15, 0.2) is 0 Å². The van der Waals surface area contributed by atoms with Gasteiger partial charge in [-0.1, -0.05) is 0 Å². The average molecular weight is 253 g/mol. The fourth-order valence-corrected chi connectivity index (χ4v) is 2.23. The van der Waals surface area contributed by atoms with Crippen LogP contribution in [-0.2, 0) is 4.79 Å². The van der Waals surface area contributed by atoms with Crippen LogP contribution in [-0.4, -0.2) is 34.9 Å². The average Bonchev–Trinajstić information content (AvgIpc) is 2.54. The summed E-state index contributed by atoms with van der Waals surface area (Å²) in [7, 11) is 0. The van der Waals surface area contributed by atoms with Crippen molar-refractivity contribution in [1.29, 1.82) is 0 Å². The van der Waals surface area contributed by atoms with Gasteiger partial charge in [0.2, 0.25) is 5.67 Å². The zero-order valence-electron chi connectivity index (χ0n) is 9.97. The predicted octanol–water partition coefficient (Wildman–Crippen LogP) is 2.18. The summed E-state index contributed by atoms with van der Waals surface area (Å²) in [6, 6.07) is 6.64. The van der Waals surface area contributed by atoms with Crippen molar-refractivity contribution >= 4 is 11.7 Å². The number of halogens is 1. The van der Waals surface area contributed by atoms with Gasteiger partial charge in [-0.3, -0.25) is 0 Å². The Balaban J connectivity index is 2.09. The van der Waals surface area contributed by atoms with Gasteiger partial charge >= 0.3 is 5.97 Å². The first-order valence-electron chi connectivity index (χ1n) is 5.97. The summed E-state index contributed by atoms with van der Waals surface area (Å²) in [6.45, 7) is 0.997. The highest BCUT2D eigenvalue weighted by Crippen LogP contribution is 2.29. The van der Waals surface area contributed by atoms with Crippen molar-refractivity contribution < 1.29 is 19.4 Å². The minimum absolute atomic E-state index is 0.0107. The van der Waals surface area contributed by atoms with E-state index < -0.39 is 11.6 Å². The van der Waals surface area contributed by atoms with Crippen molar-refractivity contribution in [2.24, 2.45) is 0 Å². The molecule has 1 heterocycles. The summed E-state index contributed by atoms with van der Waals surface area (Å²) in [5, 5.41) is 18.1. The predicted molar refractivity (Wildman–Crippen MR) is 65.6 cm³/mol. The maximum atomic E-state index is 14.0. The van der Waals surface area contributed by atoms with Crippen molar-refractivity contribution in [1.82, 2.24) is 0 Å². The highest BCUT2D eigenvalue weighted by Gasteiger charge is 2.39. The molecule has 0 aromatic heterocycles. The molecule has 0 saturated carbocycles. The second-order valence-corrected chi connectivity index (χ2v) is 4.63. The Bertz CT molecular complexity index is 434. The SMILES string of the molecule is O=C(O)C1(F)CCCN(c2ccc(O)cc2)CC1. The van der Waals surface area contributed by atoms with E-state index in [4.69, 9.17) is 5.11 Å². The molecular weight excluding hydrogens is 237 g/mol. The van der Waals surface area contributed by atoms with Gasteiger partial charge < -0.3 is 15.1 Å². The maximum Gasteiger partial charge on any atom is 0.341 e. The maximum absolute atomic E-state index is 14.0. The first-order valence-corrected chi connectivity index (χ1v) is 5.97. The van der Waals surface area contributed by atoms with E-state index in [0.29, 0.717) is 19.5 Å². The third kappa shape index (κ3) is 2.55. The van der Waals surface area contributed by atoms with E-state index in [-0.39, 0.29) is 18.6 Å². The van der Waals surface area contributed by atoms with Gasteiger partial charge in [0, 0.05) is 25.2 Å². The zero-order chi connectivity index (χ0) is 13.2. The third-order valence-corrected chi connectivity index (χ3v) is 3.38. The molecule has 1 aromatic carbocycles. The van der Waals surface area contributed by atoms with E-state index in [1.54, 1.807) is 24.3 Å². The number of nitrogens with zero attached hydrogens (tertiary/aromatic N) is 1. The summed E-state index contributed by atoms with van der Waals surface area (Å²) in [5.41, 5.74) is -1.23. The molecule has 0 bridgehead atoms. The number of anilines is 1. The molecule has 0 spiro atoms. The number of rotatable bonds is 2. The number of carboxylic acids is 1. The summed E-state index contributed by atoms with van der Waals surface area (Å²) >= 11 is 0. The number of carbonyl (C=O) groups is 1. The van der Waals surface area contributed by atoms with E-state index in [9.17, 15) is 14.3 Å². The topological polar surface area (TPSA) is 60.8 Å². The monoisotopic (exact) mass is 253 g/mol. The second-order valence-electron chi connectivity index (χ2n) is 4.63. The minimum Gasteiger partial charge on any atom is -0.508 e. The molecule has 1 saturated heterocycles. The van der Waals surface area contributed by atoms with E-state index in [1.807, 2.05) is 4.90 Å². The summed E-state index contributed by atoms with van der Waals surface area (Å²) in [6.07, 6.45) is 0.545. The van der Waals surface area contributed by atoms with Crippen LogP contribution in [0.1, 0.15) is 19.3 Å². The van der Waals surface area contributed by atoms with Crippen LogP contribution in [0.4, 0.5) is 10.1 Å². The molecule has 0 radical (unpaired) electrons. The molecule has 98 valence electrons. The smallest absolute Gasteiger partial charge is 0.341 e. The first kappa shape index (κ1) is 12.7. The molecule has 2 N–H and O–H groups in total. The lowest BCUT2D eigenvalue weighted by Crippen LogP contribution is -2.35. The molecule has 0 aliphatic carbocycles. The Hall–Kier alpha value is -1.78. The van der Waals surface area contributed by atoms with E-state index >= 15 is 0 Å². The van der Waals surface area contributed by atoms with E-state index in [2.05, 4.69) is 0 Å². The lowest BCUT2D eigenvalue weighted by molar-refractivity contribution is -0.151. The van der Waals surface area contributed by atoms with Gasteiger partial charge in [0.05, 0.1) is 0 Å². The largest absolute Gasteiger partial charge is 0.508 e. The Labute approximate surface area is 105 Å². The molecule has 1 fully saturated rings. The Morgan fingerprint density at radius 1 is 1.22 bits per heavy atom. The van der Waals surface area contributed by atoms with Gasteiger partial charge in [0.1, 0.15) is 5.75 Å². The van der Waals surface area contributed by atoms with Crippen molar-refractivity contribution in [3.8, 4) is 5.75 Å². The molecular formula is C13H16FNO3. The number of aliphatic carboxylic acids is 1. The second kappa shape index (κ2) is 4.84. The van der Waals surface area contributed by atoms with Crippen LogP contribution in [0.15, 0.2) is 24.3 Å². The molecule has 4 nitrogen and oxygen atoms in total. The molecule has 1 aromatic rings. The van der Waals surface area contributed by atoms with Crippen LogP contribution in [0.25, 0.3) is 0 Å². The fraction of sp³-hybridized carbons (Fsp3) is 0.462. The van der Waals surface area contributed by atoms with Gasteiger partial charge in [-0.2, -0.15) is 0 Å². The number of aromatic hydroxyl groups is 1. The standard InChI is InChI=1S/C13H16FNO3/c14-13(12(17)18)6-1-8-15(9-7-13)10-2-4-11(16)5-3-10/h2-5,16H,1,6-9H2,(H,17,18). The lowest BCUT2D eigenvalue weighted by atomic mass is 9.97. The van der Waals surface area contributed by atoms with Crippen LogP contribution >= 0.6 is 0 Å². The highest BCUT2D eigenvalue weighted by atomic mass is 19.1. The number of alkyl halides is 1. The Kier molecular flexibility index (Phi) is 3.41. The number of benzene rings is 1. The molecule has 18 heavy (non-hydrogen) atoms. The normalized spacial score (nSPS) is 24.6. The molecule has 1 unspecified atom stereocenters. The summed E-state index contributed by atoms with van der Waals surface area (Å²) in [5.74, 6) is -1.19. The summed E-state index contributed by atoms with van der Waals surface area (Å²) < 4.78 is 14.0. The van der Waals surface area contributed by atoms with Crippen LogP contribution in [0, 0.1) is 0 Å². The molecule has 1 atom stereocenters. The van der Waals surface area contributed by atoms with Crippen LogP contribution in [0.5, 0.6) is 5.75 Å². The van der Waals surface area contributed by atoms with Crippen molar-refractivity contribution in [3.63, 3.8) is 0 Å². The molecule has 2 rings (SSSR count). The van der Waals surface area contributed by atoms with E-state index in [0.717, 1.165) is 5.69 Å². The Morgan fingerprint density at radius 3 is 2.50 bits per heavy atom. The van der Waals surface area contributed by atoms with Crippen molar-refractivity contribution in [3.05, 3.63) is 24.3 Å². The van der Waals surface area contributed by atoms with Crippen molar-refractivity contribution in [2.75, 3.05) is 18.0 Å². The molecule has 0 amide bonds. The first-order chi connectivity index (χ1) is 8.51.